The molecule has 0 aromatic heterocycles. The van der Waals surface area contributed by atoms with Gasteiger partial charge >= 0.3 is 0 Å². The molecule has 0 spiro atoms. The van der Waals surface area contributed by atoms with E-state index in [9.17, 15) is 5.11 Å². The van der Waals surface area contributed by atoms with Crippen LogP contribution in [0.1, 0.15) is 37.2 Å². The summed E-state index contributed by atoms with van der Waals surface area (Å²) in [6.07, 6.45) is 3.96. The molecule has 3 N–H and O–H groups in total. The Morgan fingerprint density at radius 3 is 2.50 bits per heavy atom. The second-order valence-electron chi connectivity index (χ2n) is 5.47. The molecule has 4 heteroatoms. The molecule has 1 unspecified atom stereocenters. The van der Waals surface area contributed by atoms with Crippen molar-refractivity contribution in [3.63, 3.8) is 0 Å². The summed E-state index contributed by atoms with van der Waals surface area (Å²) in [5, 5.41) is 10.2. The Bertz CT molecular complexity index is 436. The Kier molecular flexibility index (Phi) is 5.26. The van der Waals surface area contributed by atoms with Crippen molar-refractivity contribution in [1.29, 1.82) is 0 Å². The lowest BCUT2D eigenvalue weighted by Crippen LogP contribution is -2.33. The van der Waals surface area contributed by atoms with Crippen LogP contribution in [0.25, 0.3) is 0 Å². The van der Waals surface area contributed by atoms with Crippen molar-refractivity contribution >= 4 is 0 Å². The minimum absolute atomic E-state index is 0.171. The van der Waals surface area contributed by atoms with E-state index in [0.29, 0.717) is 12.3 Å². The van der Waals surface area contributed by atoms with Gasteiger partial charge in [0, 0.05) is 5.92 Å². The van der Waals surface area contributed by atoms with Gasteiger partial charge in [-0.15, -0.1) is 0 Å². The van der Waals surface area contributed by atoms with Gasteiger partial charge in [0.2, 0.25) is 0 Å². The average molecular weight is 279 g/mol. The predicted molar refractivity (Wildman–Crippen MR) is 79.3 cm³/mol. The van der Waals surface area contributed by atoms with Gasteiger partial charge in [-0.05, 0) is 43.0 Å². The van der Waals surface area contributed by atoms with E-state index in [-0.39, 0.29) is 17.9 Å². The first-order valence-electron chi connectivity index (χ1n) is 7.31. The fraction of sp³-hybridized carbons (Fsp3) is 0.625. The second kappa shape index (κ2) is 6.95. The molecule has 2 rings (SSSR count). The van der Waals surface area contributed by atoms with Gasteiger partial charge in [0.15, 0.2) is 11.5 Å². The van der Waals surface area contributed by atoms with E-state index in [0.717, 1.165) is 30.6 Å². The number of nitrogens with two attached hydrogens (primary N) is 1. The van der Waals surface area contributed by atoms with E-state index in [1.807, 2.05) is 18.2 Å². The first-order chi connectivity index (χ1) is 9.71. The van der Waals surface area contributed by atoms with Crippen LogP contribution < -0.4 is 15.2 Å². The van der Waals surface area contributed by atoms with Gasteiger partial charge in [-0.25, -0.2) is 0 Å². The van der Waals surface area contributed by atoms with Crippen LogP contribution in [0.2, 0.25) is 0 Å². The third-order valence-corrected chi connectivity index (χ3v) is 4.39. The summed E-state index contributed by atoms with van der Waals surface area (Å²) in [5.74, 6) is 1.85. The van der Waals surface area contributed by atoms with E-state index < -0.39 is 0 Å². The quantitative estimate of drug-likeness (QED) is 0.868. The van der Waals surface area contributed by atoms with Gasteiger partial charge in [0.1, 0.15) is 0 Å². The number of rotatable bonds is 5. The Labute approximate surface area is 120 Å². The van der Waals surface area contributed by atoms with Crippen LogP contribution in [0.15, 0.2) is 18.2 Å². The SMILES string of the molecule is COc1ccc(C(CN)[C@@H]2CCCC[C@@H]2O)cc1OC. The molecule has 1 aromatic carbocycles. The van der Waals surface area contributed by atoms with E-state index in [1.165, 1.54) is 6.42 Å². The highest BCUT2D eigenvalue weighted by Crippen LogP contribution is 2.38. The molecule has 1 aliphatic carbocycles. The van der Waals surface area contributed by atoms with E-state index >= 15 is 0 Å². The largest absolute Gasteiger partial charge is 0.493 e. The zero-order chi connectivity index (χ0) is 14.5. The molecule has 4 nitrogen and oxygen atoms in total. The van der Waals surface area contributed by atoms with Gasteiger partial charge in [-0.1, -0.05) is 18.9 Å². The van der Waals surface area contributed by atoms with Crippen LogP contribution in [-0.2, 0) is 0 Å². The highest BCUT2D eigenvalue weighted by Gasteiger charge is 2.31. The number of methoxy groups -OCH3 is 2. The molecule has 0 aliphatic heterocycles. The molecular formula is C16H25NO3. The van der Waals surface area contributed by atoms with Gasteiger partial charge in [0.25, 0.3) is 0 Å². The zero-order valence-corrected chi connectivity index (χ0v) is 12.3. The van der Waals surface area contributed by atoms with Gasteiger partial charge in [0.05, 0.1) is 20.3 Å². The second-order valence-corrected chi connectivity index (χ2v) is 5.47. The number of hydrogen-bond acceptors (Lipinski definition) is 4. The van der Waals surface area contributed by atoms with E-state index in [4.69, 9.17) is 15.2 Å². The Balaban J connectivity index is 2.26. The highest BCUT2D eigenvalue weighted by molar-refractivity contribution is 5.44. The highest BCUT2D eigenvalue weighted by atomic mass is 16.5. The molecule has 112 valence electrons. The van der Waals surface area contributed by atoms with Crippen molar-refractivity contribution in [3.8, 4) is 11.5 Å². The summed E-state index contributed by atoms with van der Waals surface area (Å²) >= 11 is 0. The first kappa shape index (κ1) is 15.1. The smallest absolute Gasteiger partial charge is 0.160 e. The normalized spacial score (nSPS) is 24.2. The lowest BCUT2D eigenvalue weighted by atomic mass is 9.75. The minimum atomic E-state index is -0.245. The molecule has 1 aliphatic rings. The molecule has 0 bridgehead atoms. The molecule has 1 aromatic rings. The van der Waals surface area contributed by atoms with Crippen LogP contribution >= 0.6 is 0 Å². The van der Waals surface area contributed by atoms with Crippen LogP contribution in [-0.4, -0.2) is 32.0 Å². The van der Waals surface area contributed by atoms with Crippen molar-refractivity contribution in [3.05, 3.63) is 23.8 Å². The molecule has 0 amide bonds. The fourth-order valence-electron chi connectivity index (χ4n) is 3.25. The molecule has 0 radical (unpaired) electrons. The van der Waals surface area contributed by atoms with Crippen molar-refractivity contribution in [2.24, 2.45) is 11.7 Å². The monoisotopic (exact) mass is 279 g/mol. The van der Waals surface area contributed by atoms with Gasteiger partial charge < -0.3 is 20.3 Å². The Morgan fingerprint density at radius 2 is 1.90 bits per heavy atom. The summed E-state index contributed by atoms with van der Waals surface area (Å²) < 4.78 is 10.6. The summed E-state index contributed by atoms with van der Waals surface area (Å²) in [6.45, 7) is 0.539. The summed E-state index contributed by atoms with van der Waals surface area (Å²) in [6, 6.07) is 5.92. The maximum Gasteiger partial charge on any atom is 0.160 e. The molecule has 3 atom stereocenters. The molecule has 1 saturated carbocycles. The summed E-state index contributed by atoms with van der Waals surface area (Å²) in [4.78, 5) is 0. The number of aliphatic hydroxyl groups excluding tert-OH is 1. The number of benzene rings is 1. The molecule has 0 heterocycles. The van der Waals surface area contributed by atoms with Crippen molar-refractivity contribution in [1.82, 2.24) is 0 Å². The lowest BCUT2D eigenvalue weighted by molar-refractivity contribution is 0.0560. The summed E-state index contributed by atoms with van der Waals surface area (Å²) in [5.41, 5.74) is 7.10. The first-order valence-corrected chi connectivity index (χ1v) is 7.31. The fourth-order valence-corrected chi connectivity index (χ4v) is 3.25. The maximum atomic E-state index is 10.2. The van der Waals surface area contributed by atoms with Crippen LogP contribution in [0.5, 0.6) is 11.5 Å². The van der Waals surface area contributed by atoms with Crippen LogP contribution in [0.4, 0.5) is 0 Å². The van der Waals surface area contributed by atoms with Crippen LogP contribution in [0, 0.1) is 5.92 Å². The van der Waals surface area contributed by atoms with Gasteiger partial charge in [-0.2, -0.15) is 0 Å². The minimum Gasteiger partial charge on any atom is -0.493 e. The Hall–Kier alpha value is -1.26. The van der Waals surface area contributed by atoms with Crippen molar-refractivity contribution < 1.29 is 14.6 Å². The Morgan fingerprint density at radius 1 is 1.20 bits per heavy atom. The van der Waals surface area contributed by atoms with Crippen LogP contribution in [0.3, 0.4) is 0 Å². The molecular weight excluding hydrogens is 254 g/mol. The number of aliphatic hydroxyl groups is 1. The predicted octanol–water partition coefficient (Wildman–Crippen LogP) is 2.30. The standard InChI is InChI=1S/C16H25NO3/c1-19-15-8-7-11(9-16(15)20-2)13(10-17)12-5-3-4-6-14(12)18/h7-9,12-14,18H,3-6,10,17H2,1-2H3/t12-,13?,14-/m0/s1. The molecule has 20 heavy (non-hydrogen) atoms. The molecule has 1 fully saturated rings. The third kappa shape index (κ3) is 3.07. The number of ether oxygens (including phenoxy) is 2. The maximum absolute atomic E-state index is 10.2. The van der Waals surface area contributed by atoms with Crippen molar-refractivity contribution in [2.45, 2.75) is 37.7 Å². The third-order valence-electron chi connectivity index (χ3n) is 4.39. The van der Waals surface area contributed by atoms with E-state index in [2.05, 4.69) is 0 Å². The van der Waals surface area contributed by atoms with E-state index in [1.54, 1.807) is 14.2 Å². The summed E-state index contributed by atoms with van der Waals surface area (Å²) in [7, 11) is 3.26. The molecule has 0 saturated heterocycles. The zero-order valence-electron chi connectivity index (χ0n) is 12.3. The van der Waals surface area contributed by atoms with Crippen molar-refractivity contribution in [2.75, 3.05) is 20.8 Å². The topological polar surface area (TPSA) is 64.7 Å². The average Bonchev–Trinajstić information content (AvgIpc) is 2.49. The van der Waals surface area contributed by atoms with Gasteiger partial charge in [-0.3, -0.25) is 0 Å². The lowest BCUT2D eigenvalue weighted by Gasteiger charge is -2.34. The number of hydrogen-bond donors (Lipinski definition) is 2.